The Morgan fingerprint density at radius 3 is 2.93 bits per heavy atom. The van der Waals surface area contributed by atoms with Crippen molar-refractivity contribution in [1.82, 2.24) is 25.4 Å². The van der Waals surface area contributed by atoms with Crippen molar-refractivity contribution in [2.75, 3.05) is 0 Å². The SMILES string of the molecule is Clc1cc2nc3cnnc3c(Cl)c2[nH]n1. The van der Waals surface area contributed by atoms with Gasteiger partial charge in [-0.15, -0.1) is 5.10 Å². The van der Waals surface area contributed by atoms with E-state index in [9.17, 15) is 0 Å². The molecule has 0 saturated carbocycles. The number of nitrogens with zero attached hydrogens (tertiary/aromatic N) is 4. The van der Waals surface area contributed by atoms with Gasteiger partial charge in [0.1, 0.15) is 16.6 Å². The zero-order chi connectivity index (χ0) is 10.4. The van der Waals surface area contributed by atoms with E-state index in [1.54, 1.807) is 12.3 Å². The lowest BCUT2D eigenvalue weighted by molar-refractivity contribution is 1.07. The first-order valence-corrected chi connectivity index (χ1v) is 4.83. The van der Waals surface area contributed by atoms with Crippen LogP contribution in [0.2, 0.25) is 10.2 Å². The van der Waals surface area contributed by atoms with Crippen molar-refractivity contribution in [3.8, 4) is 0 Å². The molecule has 3 aromatic rings. The van der Waals surface area contributed by atoms with Crippen molar-refractivity contribution >= 4 is 45.3 Å². The van der Waals surface area contributed by atoms with E-state index in [1.165, 1.54) is 0 Å². The summed E-state index contributed by atoms with van der Waals surface area (Å²) in [6.45, 7) is 0. The van der Waals surface area contributed by atoms with Crippen LogP contribution in [-0.4, -0.2) is 25.4 Å². The Hall–Kier alpha value is -1.46. The van der Waals surface area contributed by atoms with Crippen molar-refractivity contribution in [2.24, 2.45) is 0 Å². The van der Waals surface area contributed by atoms with Crippen LogP contribution < -0.4 is 0 Å². The number of hydrogen-bond acceptors (Lipinski definition) is 4. The van der Waals surface area contributed by atoms with E-state index in [4.69, 9.17) is 23.2 Å². The Kier molecular flexibility index (Phi) is 1.77. The summed E-state index contributed by atoms with van der Waals surface area (Å²) in [6.07, 6.45) is 1.55. The van der Waals surface area contributed by atoms with Crippen LogP contribution in [0.4, 0.5) is 0 Å². The van der Waals surface area contributed by atoms with Crippen LogP contribution in [0.25, 0.3) is 22.1 Å². The van der Waals surface area contributed by atoms with Gasteiger partial charge in [0.25, 0.3) is 0 Å². The van der Waals surface area contributed by atoms with Gasteiger partial charge in [-0.1, -0.05) is 23.2 Å². The van der Waals surface area contributed by atoms with Gasteiger partial charge in [-0.05, 0) is 0 Å². The summed E-state index contributed by atoms with van der Waals surface area (Å²) in [4.78, 5) is 4.29. The number of nitrogens with one attached hydrogen (secondary N) is 1. The first kappa shape index (κ1) is 8.82. The van der Waals surface area contributed by atoms with Crippen LogP contribution in [0.3, 0.4) is 0 Å². The third-order valence-electron chi connectivity index (χ3n) is 2.04. The van der Waals surface area contributed by atoms with Crippen LogP contribution in [0.1, 0.15) is 0 Å². The van der Waals surface area contributed by atoms with E-state index in [-0.39, 0.29) is 0 Å². The van der Waals surface area contributed by atoms with Crippen LogP contribution >= 0.6 is 23.2 Å². The second-order valence-corrected chi connectivity index (χ2v) is 3.72. The van der Waals surface area contributed by atoms with E-state index in [0.717, 1.165) is 0 Å². The maximum Gasteiger partial charge on any atom is 0.151 e. The number of pyridine rings is 1. The second-order valence-electron chi connectivity index (χ2n) is 2.96. The molecule has 74 valence electrons. The lowest BCUT2D eigenvalue weighted by atomic mass is 10.3. The number of rotatable bonds is 0. The highest BCUT2D eigenvalue weighted by atomic mass is 35.5. The zero-order valence-electron chi connectivity index (χ0n) is 7.20. The highest BCUT2D eigenvalue weighted by Gasteiger charge is 2.10. The fourth-order valence-corrected chi connectivity index (χ4v) is 1.79. The number of aromatic nitrogens is 5. The average molecular weight is 240 g/mol. The van der Waals surface area contributed by atoms with E-state index in [0.29, 0.717) is 32.2 Å². The number of fused-ring (bicyclic) bond motifs is 2. The van der Waals surface area contributed by atoms with E-state index < -0.39 is 0 Å². The largest absolute Gasteiger partial charge is 0.273 e. The molecule has 0 bridgehead atoms. The van der Waals surface area contributed by atoms with Crippen LogP contribution in [0, 0.1) is 0 Å². The summed E-state index contributed by atoms with van der Waals surface area (Å²) < 4.78 is 0. The molecule has 3 rings (SSSR count). The van der Waals surface area contributed by atoms with Crippen molar-refractivity contribution in [2.45, 2.75) is 0 Å². The molecule has 0 radical (unpaired) electrons. The molecule has 7 heteroatoms. The molecular formula is C8H3Cl2N5. The molecule has 3 aromatic heterocycles. The predicted octanol–water partition coefficient (Wildman–Crippen LogP) is 2.21. The normalized spacial score (nSPS) is 11.3. The van der Waals surface area contributed by atoms with Gasteiger partial charge >= 0.3 is 0 Å². The summed E-state index contributed by atoms with van der Waals surface area (Å²) in [5, 5.41) is 14.9. The zero-order valence-corrected chi connectivity index (χ0v) is 8.71. The molecular weight excluding hydrogens is 237 g/mol. The van der Waals surface area contributed by atoms with E-state index in [1.807, 2.05) is 0 Å². The molecule has 0 saturated heterocycles. The molecule has 0 aliphatic rings. The number of hydrogen-bond donors (Lipinski definition) is 1. The summed E-state index contributed by atoms with van der Waals surface area (Å²) in [5.41, 5.74) is 2.45. The van der Waals surface area contributed by atoms with Crippen LogP contribution in [0.15, 0.2) is 12.3 Å². The van der Waals surface area contributed by atoms with Gasteiger partial charge in [-0.25, -0.2) is 4.98 Å². The van der Waals surface area contributed by atoms with Gasteiger partial charge in [0.2, 0.25) is 0 Å². The molecule has 15 heavy (non-hydrogen) atoms. The number of H-pyrrole nitrogens is 1. The molecule has 5 nitrogen and oxygen atoms in total. The Balaban J connectivity index is 2.57. The molecule has 0 aromatic carbocycles. The predicted molar refractivity (Wildman–Crippen MR) is 57.0 cm³/mol. The first-order valence-electron chi connectivity index (χ1n) is 4.07. The Morgan fingerprint density at radius 2 is 2.07 bits per heavy atom. The lowest BCUT2D eigenvalue weighted by Gasteiger charge is -2.00. The monoisotopic (exact) mass is 239 g/mol. The fourth-order valence-electron chi connectivity index (χ4n) is 1.37. The Morgan fingerprint density at radius 1 is 1.20 bits per heavy atom. The maximum absolute atomic E-state index is 6.11. The minimum atomic E-state index is 0.331. The standard InChI is InChI=1S/C8H3Cl2N5/c9-5-1-3-7(15-13-5)6(10)8-4(12-3)2-11-14-8/h1-2,15H. The van der Waals surface area contributed by atoms with E-state index >= 15 is 0 Å². The Labute approximate surface area is 93.4 Å². The highest BCUT2D eigenvalue weighted by Crippen LogP contribution is 2.27. The third-order valence-corrected chi connectivity index (χ3v) is 2.60. The fraction of sp³-hybridized carbons (Fsp3) is 0. The molecule has 0 fully saturated rings. The maximum atomic E-state index is 6.11. The third kappa shape index (κ3) is 1.24. The number of aromatic amines is 1. The molecule has 3 heterocycles. The van der Waals surface area contributed by atoms with Crippen molar-refractivity contribution in [3.63, 3.8) is 0 Å². The molecule has 0 unspecified atom stereocenters. The summed E-state index contributed by atoms with van der Waals surface area (Å²) in [5.74, 6) is 0. The molecule has 1 N–H and O–H groups in total. The van der Waals surface area contributed by atoms with Gasteiger partial charge in [-0.2, -0.15) is 10.2 Å². The second kappa shape index (κ2) is 3.01. The molecule has 0 amide bonds. The lowest BCUT2D eigenvalue weighted by Crippen LogP contribution is -1.89. The topological polar surface area (TPSA) is 67.3 Å². The minimum Gasteiger partial charge on any atom is -0.273 e. The van der Waals surface area contributed by atoms with Gasteiger partial charge < -0.3 is 0 Å². The smallest absolute Gasteiger partial charge is 0.151 e. The number of halogens is 2. The van der Waals surface area contributed by atoms with Gasteiger partial charge in [0.15, 0.2) is 5.15 Å². The minimum absolute atomic E-state index is 0.331. The Bertz CT molecular complexity index is 662. The first-order chi connectivity index (χ1) is 7.25. The molecule has 0 aliphatic carbocycles. The quantitative estimate of drug-likeness (QED) is 0.654. The van der Waals surface area contributed by atoms with Gasteiger partial charge in [0.05, 0.1) is 16.7 Å². The molecule has 0 aliphatic heterocycles. The highest BCUT2D eigenvalue weighted by molar-refractivity contribution is 6.39. The van der Waals surface area contributed by atoms with Crippen molar-refractivity contribution < 1.29 is 0 Å². The summed E-state index contributed by atoms with van der Waals surface area (Å²) in [6, 6.07) is 1.63. The van der Waals surface area contributed by atoms with Crippen LogP contribution in [-0.2, 0) is 0 Å². The average Bonchev–Trinajstić information content (AvgIpc) is 2.65. The van der Waals surface area contributed by atoms with E-state index in [2.05, 4.69) is 25.4 Å². The summed E-state index contributed by atoms with van der Waals surface area (Å²) >= 11 is 11.9. The van der Waals surface area contributed by atoms with Crippen molar-refractivity contribution in [3.05, 3.63) is 22.4 Å². The van der Waals surface area contributed by atoms with Crippen LogP contribution in [0.5, 0.6) is 0 Å². The van der Waals surface area contributed by atoms with Gasteiger partial charge in [-0.3, -0.25) is 5.10 Å². The van der Waals surface area contributed by atoms with Crippen molar-refractivity contribution in [1.29, 1.82) is 0 Å². The summed E-state index contributed by atoms with van der Waals surface area (Å²) in [7, 11) is 0. The molecule has 0 atom stereocenters. The molecule has 0 spiro atoms. The van der Waals surface area contributed by atoms with Gasteiger partial charge in [0, 0.05) is 6.07 Å².